The maximum atomic E-state index is 12.2. The normalized spacial score (nSPS) is 28.7. The third-order valence-electron chi connectivity index (χ3n) is 3.43. The van der Waals surface area contributed by atoms with Crippen LogP contribution in [0.15, 0.2) is 18.2 Å². The van der Waals surface area contributed by atoms with Crippen molar-refractivity contribution in [2.45, 2.75) is 38.3 Å². The third kappa shape index (κ3) is 1.64. The average Bonchev–Trinajstić information content (AvgIpc) is 2.63. The summed E-state index contributed by atoms with van der Waals surface area (Å²) in [5.74, 6) is 0.0366. The standard InChI is InChI=1S/C14H16O4/c1-14(2)17-11-7-9(15)12-8(13(11)18-14)5-4-6-10(12)16-3/h4-6,11,13H,7H2,1-3H3/t11-,13+/m0/s1. The van der Waals surface area contributed by atoms with Gasteiger partial charge in [0.05, 0.1) is 18.8 Å². The van der Waals surface area contributed by atoms with Gasteiger partial charge in [-0.3, -0.25) is 4.79 Å². The molecule has 0 bridgehead atoms. The molecule has 4 heteroatoms. The van der Waals surface area contributed by atoms with Gasteiger partial charge in [-0.05, 0) is 25.5 Å². The number of carbonyl (C=O) groups is 1. The molecule has 1 aliphatic carbocycles. The van der Waals surface area contributed by atoms with Crippen LogP contribution in [0.5, 0.6) is 5.75 Å². The second-order valence-electron chi connectivity index (χ2n) is 5.15. The fourth-order valence-electron chi connectivity index (χ4n) is 2.79. The molecule has 0 aromatic heterocycles. The fourth-order valence-corrected chi connectivity index (χ4v) is 2.79. The van der Waals surface area contributed by atoms with Crippen molar-refractivity contribution < 1.29 is 19.0 Å². The largest absolute Gasteiger partial charge is 0.496 e. The summed E-state index contributed by atoms with van der Waals surface area (Å²) < 4.78 is 16.9. The van der Waals surface area contributed by atoms with Gasteiger partial charge in [0.1, 0.15) is 11.9 Å². The summed E-state index contributed by atoms with van der Waals surface area (Å²) in [5, 5.41) is 0. The number of hydrogen-bond donors (Lipinski definition) is 0. The molecular formula is C14H16O4. The number of ketones is 1. The first-order valence-electron chi connectivity index (χ1n) is 6.07. The van der Waals surface area contributed by atoms with Crippen LogP contribution in [0.1, 0.15) is 42.3 Å². The van der Waals surface area contributed by atoms with Crippen LogP contribution < -0.4 is 4.74 Å². The molecule has 0 radical (unpaired) electrons. The average molecular weight is 248 g/mol. The predicted octanol–water partition coefficient (Wildman–Crippen LogP) is 2.47. The Labute approximate surface area is 106 Å². The van der Waals surface area contributed by atoms with Crippen molar-refractivity contribution in [3.63, 3.8) is 0 Å². The lowest BCUT2D eigenvalue weighted by atomic mass is 9.86. The van der Waals surface area contributed by atoms with E-state index in [1.165, 1.54) is 0 Å². The zero-order chi connectivity index (χ0) is 12.9. The third-order valence-corrected chi connectivity index (χ3v) is 3.43. The molecule has 1 fully saturated rings. The summed E-state index contributed by atoms with van der Waals surface area (Å²) in [4.78, 5) is 12.2. The van der Waals surface area contributed by atoms with Crippen LogP contribution in [0.25, 0.3) is 0 Å². The van der Waals surface area contributed by atoms with Gasteiger partial charge in [0.25, 0.3) is 0 Å². The van der Waals surface area contributed by atoms with E-state index in [-0.39, 0.29) is 18.0 Å². The molecule has 0 N–H and O–H groups in total. The molecule has 1 aromatic rings. The Balaban J connectivity index is 2.11. The zero-order valence-corrected chi connectivity index (χ0v) is 10.7. The van der Waals surface area contributed by atoms with Gasteiger partial charge < -0.3 is 14.2 Å². The van der Waals surface area contributed by atoms with Gasteiger partial charge in [0.15, 0.2) is 11.6 Å². The molecule has 1 heterocycles. The number of methoxy groups -OCH3 is 1. The Morgan fingerprint density at radius 1 is 1.33 bits per heavy atom. The molecule has 1 aliphatic heterocycles. The summed E-state index contributed by atoms with van der Waals surface area (Å²) in [6, 6.07) is 5.59. The van der Waals surface area contributed by atoms with E-state index in [0.717, 1.165) is 5.56 Å². The number of ether oxygens (including phenoxy) is 3. The van der Waals surface area contributed by atoms with Crippen LogP contribution >= 0.6 is 0 Å². The van der Waals surface area contributed by atoms with Crippen molar-refractivity contribution in [2.75, 3.05) is 7.11 Å². The molecule has 1 aromatic carbocycles. The van der Waals surface area contributed by atoms with Gasteiger partial charge >= 0.3 is 0 Å². The Morgan fingerprint density at radius 2 is 2.11 bits per heavy atom. The highest BCUT2D eigenvalue weighted by molar-refractivity contribution is 6.01. The Morgan fingerprint density at radius 3 is 2.83 bits per heavy atom. The van der Waals surface area contributed by atoms with Gasteiger partial charge in [-0.2, -0.15) is 0 Å². The topological polar surface area (TPSA) is 44.8 Å². The summed E-state index contributed by atoms with van der Waals surface area (Å²) >= 11 is 0. The molecule has 0 amide bonds. The quantitative estimate of drug-likeness (QED) is 0.766. The van der Waals surface area contributed by atoms with Crippen LogP contribution in [0, 0.1) is 0 Å². The minimum Gasteiger partial charge on any atom is -0.496 e. The summed E-state index contributed by atoms with van der Waals surface area (Å²) in [6.07, 6.45) is -0.0171. The number of Topliss-reactive ketones (excluding diaryl/α,β-unsaturated/α-hetero) is 1. The van der Waals surface area contributed by atoms with E-state index >= 15 is 0 Å². The highest BCUT2D eigenvalue weighted by Gasteiger charge is 2.47. The molecule has 2 atom stereocenters. The van der Waals surface area contributed by atoms with Gasteiger partial charge in [0, 0.05) is 6.42 Å². The van der Waals surface area contributed by atoms with Gasteiger partial charge in [-0.25, -0.2) is 0 Å². The Bertz CT molecular complexity index is 507. The molecule has 4 nitrogen and oxygen atoms in total. The maximum Gasteiger partial charge on any atom is 0.169 e. The van der Waals surface area contributed by atoms with Crippen LogP contribution in [-0.4, -0.2) is 24.8 Å². The number of hydrogen-bond acceptors (Lipinski definition) is 4. The lowest BCUT2D eigenvalue weighted by molar-refractivity contribution is -0.146. The second-order valence-corrected chi connectivity index (χ2v) is 5.15. The molecule has 96 valence electrons. The molecule has 0 unspecified atom stereocenters. The van der Waals surface area contributed by atoms with E-state index in [0.29, 0.717) is 17.7 Å². The van der Waals surface area contributed by atoms with E-state index < -0.39 is 5.79 Å². The fraction of sp³-hybridized carbons (Fsp3) is 0.500. The van der Waals surface area contributed by atoms with Crippen molar-refractivity contribution in [2.24, 2.45) is 0 Å². The number of fused-ring (bicyclic) bond motifs is 3. The van der Waals surface area contributed by atoms with Crippen LogP contribution in [0.4, 0.5) is 0 Å². The minimum atomic E-state index is -0.639. The van der Waals surface area contributed by atoms with Crippen molar-refractivity contribution >= 4 is 5.78 Å². The lowest BCUT2D eigenvalue weighted by Crippen LogP contribution is -2.27. The first kappa shape index (κ1) is 11.7. The first-order chi connectivity index (χ1) is 8.52. The second kappa shape index (κ2) is 3.80. The first-order valence-corrected chi connectivity index (χ1v) is 6.07. The van der Waals surface area contributed by atoms with E-state index in [9.17, 15) is 4.79 Å². The van der Waals surface area contributed by atoms with Gasteiger partial charge in [-0.1, -0.05) is 12.1 Å². The van der Waals surface area contributed by atoms with E-state index in [1.807, 2.05) is 26.0 Å². The monoisotopic (exact) mass is 248 g/mol. The van der Waals surface area contributed by atoms with Gasteiger partial charge in [-0.15, -0.1) is 0 Å². The minimum absolute atomic E-state index is 0.0602. The van der Waals surface area contributed by atoms with Crippen molar-refractivity contribution in [3.05, 3.63) is 29.3 Å². The van der Waals surface area contributed by atoms with Crippen molar-refractivity contribution in [1.29, 1.82) is 0 Å². The Hall–Kier alpha value is -1.39. The molecule has 0 spiro atoms. The lowest BCUT2D eigenvalue weighted by Gasteiger charge is -2.25. The SMILES string of the molecule is COc1cccc2c1C(=O)C[C@@H]1OC(C)(C)O[C@H]21. The van der Waals surface area contributed by atoms with Gasteiger partial charge in [0.2, 0.25) is 0 Å². The summed E-state index contributed by atoms with van der Waals surface area (Å²) in [5.41, 5.74) is 1.52. The molecule has 1 saturated heterocycles. The van der Waals surface area contributed by atoms with E-state index in [4.69, 9.17) is 14.2 Å². The Kier molecular flexibility index (Phi) is 2.47. The molecule has 0 saturated carbocycles. The highest BCUT2D eigenvalue weighted by Crippen LogP contribution is 2.46. The number of rotatable bonds is 1. The molecule has 3 rings (SSSR count). The number of benzene rings is 1. The van der Waals surface area contributed by atoms with E-state index in [1.54, 1.807) is 13.2 Å². The maximum absolute atomic E-state index is 12.2. The molecule has 18 heavy (non-hydrogen) atoms. The van der Waals surface area contributed by atoms with Crippen molar-refractivity contribution in [1.82, 2.24) is 0 Å². The highest BCUT2D eigenvalue weighted by atomic mass is 16.8. The summed E-state index contributed by atoms with van der Waals surface area (Å²) in [6.45, 7) is 3.74. The van der Waals surface area contributed by atoms with Crippen LogP contribution in [0.2, 0.25) is 0 Å². The number of carbonyl (C=O) groups excluding carboxylic acids is 1. The van der Waals surface area contributed by atoms with Crippen molar-refractivity contribution in [3.8, 4) is 5.75 Å². The summed E-state index contributed by atoms with van der Waals surface area (Å²) in [7, 11) is 1.57. The van der Waals surface area contributed by atoms with Crippen LogP contribution in [0.3, 0.4) is 0 Å². The smallest absolute Gasteiger partial charge is 0.169 e. The predicted molar refractivity (Wildman–Crippen MR) is 64.7 cm³/mol. The zero-order valence-electron chi connectivity index (χ0n) is 10.7. The van der Waals surface area contributed by atoms with Crippen LogP contribution in [-0.2, 0) is 9.47 Å². The molecule has 2 aliphatic rings. The molecular weight excluding hydrogens is 232 g/mol. The van der Waals surface area contributed by atoms with E-state index in [2.05, 4.69) is 0 Å².